The van der Waals surface area contributed by atoms with Gasteiger partial charge in [0.1, 0.15) is 21.0 Å². The highest BCUT2D eigenvalue weighted by Crippen LogP contribution is 2.36. The van der Waals surface area contributed by atoms with Gasteiger partial charge in [0.2, 0.25) is 0 Å². The zero-order valence-corrected chi connectivity index (χ0v) is 20.9. The van der Waals surface area contributed by atoms with Crippen LogP contribution in [-0.4, -0.2) is 13.0 Å². The molecular formula is C28H28O3S2. The molecule has 0 aliphatic carbocycles. The lowest BCUT2D eigenvalue weighted by Crippen LogP contribution is -2.09. The van der Waals surface area contributed by atoms with Gasteiger partial charge < -0.3 is 4.55 Å². The molecule has 3 nitrogen and oxygen atoms in total. The standard InChI is InChI=1S/C21H21S.C7H8O3S/c1-16-10-4-7-13-19(16)22(20-14-8-5-11-17(20)2)21-15-9-6-12-18(21)3;1-6-4-2-3-5-7(6)11(8,9)10/h4-15H,1-3H3;2-5H,1H3,(H,8,9,10)/q+1;/p-1. The van der Waals surface area contributed by atoms with Gasteiger partial charge in [-0.3, -0.25) is 0 Å². The van der Waals surface area contributed by atoms with Gasteiger partial charge in [-0.1, -0.05) is 72.8 Å². The van der Waals surface area contributed by atoms with Crippen molar-refractivity contribution >= 4 is 21.0 Å². The minimum Gasteiger partial charge on any atom is -0.744 e. The Labute approximate surface area is 200 Å². The fraction of sp³-hybridized carbons (Fsp3) is 0.143. The maximum atomic E-state index is 10.5. The van der Waals surface area contributed by atoms with Gasteiger partial charge in [0.25, 0.3) is 0 Å². The van der Waals surface area contributed by atoms with E-state index in [1.807, 2.05) is 0 Å². The van der Waals surface area contributed by atoms with E-state index in [4.69, 9.17) is 0 Å². The Morgan fingerprint density at radius 1 is 0.515 bits per heavy atom. The number of hydrogen-bond acceptors (Lipinski definition) is 3. The molecule has 0 unspecified atom stereocenters. The average molecular weight is 477 g/mol. The summed E-state index contributed by atoms with van der Waals surface area (Å²) in [6, 6.07) is 32.4. The van der Waals surface area contributed by atoms with Crippen LogP contribution in [0.4, 0.5) is 0 Å². The van der Waals surface area contributed by atoms with E-state index in [0.717, 1.165) is 0 Å². The van der Waals surface area contributed by atoms with Crippen molar-refractivity contribution in [3.05, 3.63) is 119 Å². The Hall–Kier alpha value is -2.86. The van der Waals surface area contributed by atoms with Gasteiger partial charge in [0, 0.05) is 16.7 Å². The van der Waals surface area contributed by atoms with E-state index in [1.165, 1.54) is 43.5 Å². The van der Waals surface area contributed by atoms with Crippen molar-refractivity contribution < 1.29 is 13.0 Å². The minimum atomic E-state index is -4.28. The van der Waals surface area contributed by atoms with E-state index >= 15 is 0 Å². The van der Waals surface area contributed by atoms with Crippen LogP contribution in [0.3, 0.4) is 0 Å². The highest BCUT2D eigenvalue weighted by atomic mass is 32.2. The van der Waals surface area contributed by atoms with Crippen LogP contribution in [0.2, 0.25) is 0 Å². The maximum absolute atomic E-state index is 10.5. The summed E-state index contributed by atoms with van der Waals surface area (Å²) in [6.07, 6.45) is 0. The van der Waals surface area contributed by atoms with Crippen molar-refractivity contribution in [1.29, 1.82) is 0 Å². The fourth-order valence-electron chi connectivity index (χ4n) is 3.55. The first-order valence-corrected chi connectivity index (χ1v) is 13.3. The zero-order chi connectivity index (χ0) is 24.0. The molecule has 0 aliphatic rings. The summed E-state index contributed by atoms with van der Waals surface area (Å²) in [5.74, 6) is 0. The monoisotopic (exact) mass is 476 g/mol. The predicted octanol–water partition coefficient (Wildman–Crippen LogP) is 6.61. The molecular weight excluding hydrogens is 448 g/mol. The van der Waals surface area contributed by atoms with Crippen molar-refractivity contribution in [3.63, 3.8) is 0 Å². The summed E-state index contributed by atoms with van der Waals surface area (Å²) in [7, 11) is -4.33. The third-order valence-corrected chi connectivity index (χ3v) is 8.99. The van der Waals surface area contributed by atoms with Crippen molar-refractivity contribution in [3.8, 4) is 0 Å². The Morgan fingerprint density at radius 3 is 1.09 bits per heavy atom. The second-order valence-corrected chi connectivity index (χ2v) is 11.1. The van der Waals surface area contributed by atoms with Crippen LogP contribution in [0.5, 0.6) is 0 Å². The molecule has 4 rings (SSSR count). The van der Waals surface area contributed by atoms with Gasteiger partial charge in [-0.2, -0.15) is 0 Å². The van der Waals surface area contributed by atoms with E-state index in [9.17, 15) is 13.0 Å². The second kappa shape index (κ2) is 10.8. The summed E-state index contributed by atoms with van der Waals surface area (Å²) in [5, 5.41) is 0. The molecule has 0 spiro atoms. The second-order valence-electron chi connectivity index (χ2n) is 7.82. The predicted molar refractivity (Wildman–Crippen MR) is 135 cm³/mol. The first-order valence-electron chi connectivity index (χ1n) is 10.6. The zero-order valence-electron chi connectivity index (χ0n) is 19.3. The Kier molecular flexibility index (Phi) is 8.14. The lowest BCUT2D eigenvalue weighted by atomic mass is 10.2. The molecule has 33 heavy (non-hydrogen) atoms. The van der Waals surface area contributed by atoms with Gasteiger partial charge in [-0.15, -0.1) is 0 Å². The molecule has 0 N–H and O–H groups in total. The van der Waals surface area contributed by atoms with Gasteiger partial charge >= 0.3 is 0 Å². The summed E-state index contributed by atoms with van der Waals surface area (Å²) >= 11 is 0. The molecule has 0 aromatic heterocycles. The minimum absolute atomic E-state index is 0.0494. The molecule has 0 amide bonds. The Morgan fingerprint density at radius 2 is 0.818 bits per heavy atom. The lowest BCUT2D eigenvalue weighted by Gasteiger charge is -2.13. The van der Waals surface area contributed by atoms with Crippen molar-refractivity contribution in [2.24, 2.45) is 0 Å². The third kappa shape index (κ3) is 6.14. The van der Waals surface area contributed by atoms with Crippen LogP contribution in [0.15, 0.2) is 117 Å². The molecule has 5 heteroatoms. The molecule has 0 aliphatic heterocycles. The molecule has 0 heterocycles. The Bertz CT molecular complexity index is 1240. The molecule has 0 atom stereocenters. The number of hydrogen-bond donors (Lipinski definition) is 0. The molecule has 0 saturated carbocycles. The van der Waals surface area contributed by atoms with Crippen molar-refractivity contribution in [1.82, 2.24) is 0 Å². The van der Waals surface area contributed by atoms with Gasteiger partial charge in [-0.05, 0) is 57.5 Å². The molecule has 170 valence electrons. The van der Waals surface area contributed by atoms with Gasteiger partial charge in [-0.25, -0.2) is 8.42 Å². The summed E-state index contributed by atoms with van der Waals surface area (Å²) in [6.45, 7) is 8.23. The maximum Gasteiger partial charge on any atom is 0.169 e. The van der Waals surface area contributed by atoms with Crippen molar-refractivity contribution in [2.75, 3.05) is 0 Å². The summed E-state index contributed by atoms with van der Waals surface area (Å²) in [5.41, 5.74) is 4.56. The molecule has 4 aromatic carbocycles. The summed E-state index contributed by atoms with van der Waals surface area (Å²) < 4.78 is 31.5. The smallest absolute Gasteiger partial charge is 0.169 e. The highest BCUT2D eigenvalue weighted by Gasteiger charge is 2.32. The van der Waals surface area contributed by atoms with E-state index in [2.05, 4.69) is 93.6 Å². The number of aryl methyl sites for hydroxylation is 4. The first kappa shape index (κ1) is 24.8. The quantitative estimate of drug-likeness (QED) is 0.246. The lowest BCUT2D eigenvalue weighted by molar-refractivity contribution is 0.462. The molecule has 4 aromatic rings. The number of rotatable bonds is 4. The highest BCUT2D eigenvalue weighted by molar-refractivity contribution is 7.97. The SMILES string of the molecule is Cc1ccccc1S(=O)(=O)[O-].Cc1ccccc1[S+](c1ccccc1C)c1ccccc1C. The molecule has 0 saturated heterocycles. The third-order valence-electron chi connectivity index (χ3n) is 5.30. The van der Waals surface area contributed by atoms with Crippen LogP contribution in [0.25, 0.3) is 0 Å². The van der Waals surface area contributed by atoms with E-state index in [-0.39, 0.29) is 15.8 Å². The van der Waals surface area contributed by atoms with Crippen molar-refractivity contribution in [2.45, 2.75) is 47.3 Å². The molecule has 0 bridgehead atoms. The van der Waals surface area contributed by atoms with Gasteiger partial charge in [0.15, 0.2) is 14.7 Å². The molecule has 0 fully saturated rings. The largest absolute Gasteiger partial charge is 0.744 e. The normalized spacial score (nSPS) is 11.1. The van der Waals surface area contributed by atoms with Crippen LogP contribution in [0, 0.1) is 27.7 Å². The Balaban J connectivity index is 0.000000235. The van der Waals surface area contributed by atoms with Crippen LogP contribution in [-0.2, 0) is 21.0 Å². The van der Waals surface area contributed by atoms with Gasteiger partial charge in [0.05, 0.1) is 4.90 Å². The van der Waals surface area contributed by atoms with E-state index in [0.29, 0.717) is 5.56 Å². The summed E-state index contributed by atoms with van der Waals surface area (Å²) in [4.78, 5) is 4.13. The van der Waals surface area contributed by atoms with Crippen LogP contribution < -0.4 is 0 Å². The van der Waals surface area contributed by atoms with E-state index < -0.39 is 10.1 Å². The molecule has 0 radical (unpaired) electrons. The van der Waals surface area contributed by atoms with Crippen LogP contribution >= 0.6 is 0 Å². The van der Waals surface area contributed by atoms with E-state index in [1.54, 1.807) is 19.1 Å². The topological polar surface area (TPSA) is 57.2 Å². The van der Waals surface area contributed by atoms with Crippen LogP contribution in [0.1, 0.15) is 22.3 Å². The average Bonchev–Trinajstić information content (AvgIpc) is 2.77. The number of benzene rings is 4. The first-order chi connectivity index (χ1) is 15.7. The fourth-order valence-corrected chi connectivity index (χ4v) is 6.78.